The monoisotopic (exact) mass is 314 g/mol. The highest BCUT2D eigenvalue weighted by Crippen LogP contribution is 2.45. The van der Waals surface area contributed by atoms with E-state index >= 15 is 0 Å². The third-order valence-electron chi connectivity index (χ3n) is 5.02. The van der Waals surface area contributed by atoms with Crippen molar-refractivity contribution in [3.63, 3.8) is 0 Å². The molecule has 24 heavy (non-hydrogen) atoms. The molecule has 1 aliphatic rings. The van der Waals surface area contributed by atoms with Crippen LogP contribution in [-0.4, -0.2) is 13.7 Å². The van der Waals surface area contributed by atoms with E-state index in [1.807, 2.05) is 0 Å². The lowest BCUT2D eigenvalue weighted by atomic mass is 9.90. The van der Waals surface area contributed by atoms with Crippen molar-refractivity contribution in [1.29, 1.82) is 0 Å². The largest absolute Gasteiger partial charge is 0.384 e. The molecule has 0 N–H and O–H groups in total. The summed E-state index contributed by atoms with van der Waals surface area (Å²) in [6, 6.07) is 26.7. The molecule has 4 rings (SSSR count). The summed E-state index contributed by atoms with van der Waals surface area (Å²) in [6.07, 6.45) is 2.03. The number of benzene rings is 3. The lowest BCUT2D eigenvalue weighted by Crippen LogP contribution is -2.02. The van der Waals surface area contributed by atoms with Crippen LogP contribution in [0.3, 0.4) is 0 Å². The third-order valence-corrected chi connectivity index (χ3v) is 5.02. The molecule has 3 aromatic carbocycles. The molecule has 0 aromatic heterocycles. The summed E-state index contributed by atoms with van der Waals surface area (Å²) in [5.74, 6) is 0.460. The first-order chi connectivity index (χ1) is 11.9. The molecule has 0 aliphatic heterocycles. The van der Waals surface area contributed by atoms with Gasteiger partial charge >= 0.3 is 0 Å². The predicted octanol–water partition coefficient (Wildman–Crippen LogP) is 5.23. The Kier molecular flexibility index (Phi) is 4.18. The smallest absolute Gasteiger partial charge is 0.0502 e. The molecule has 0 heterocycles. The van der Waals surface area contributed by atoms with Crippen LogP contribution < -0.4 is 0 Å². The Morgan fingerprint density at radius 1 is 0.708 bits per heavy atom. The van der Waals surface area contributed by atoms with Gasteiger partial charge in [0.2, 0.25) is 0 Å². The summed E-state index contributed by atoms with van der Waals surface area (Å²) in [6.45, 7) is 0.780. The number of ether oxygens (including phenoxy) is 1. The van der Waals surface area contributed by atoms with Crippen LogP contribution in [0, 0.1) is 0 Å². The third kappa shape index (κ3) is 2.76. The molecule has 0 spiro atoms. The molecule has 0 bridgehead atoms. The van der Waals surface area contributed by atoms with Gasteiger partial charge in [-0.15, -0.1) is 0 Å². The fourth-order valence-corrected chi connectivity index (χ4v) is 3.78. The summed E-state index contributed by atoms with van der Waals surface area (Å²) < 4.78 is 5.16. The SMILES string of the molecule is COCCc1ccc(CC2c3ccccc3-c3ccccc32)cc1. The molecule has 0 saturated carbocycles. The van der Waals surface area contributed by atoms with E-state index in [0.717, 1.165) is 19.4 Å². The topological polar surface area (TPSA) is 9.23 Å². The molecule has 3 aromatic rings. The van der Waals surface area contributed by atoms with Crippen molar-refractivity contribution in [3.05, 3.63) is 95.1 Å². The van der Waals surface area contributed by atoms with Gasteiger partial charge in [-0.3, -0.25) is 0 Å². The fourth-order valence-electron chi connectivity index (χ4n) is 3.78. The second kappa shape index (κ2) is 6.62. The number of hydrogen-bond donors (Lipinski definition) is 0. The van der Waals surface area contributed by atoms with Crippen LogP contribution >= 0.6 is 0 Å². The number of methoxy groups -OCH3 is 1. The minimum Gasteiger partial charge on any atom is -0.384 e. The zero-order valence-electron chi connectivity index (χ0n) is 14.0. The summed E-state index contributed by atoms with van der Waals surface area (Å²) in [5, 5.41) is 0. The van der Waals surface area contributed by atoms with Gasteiger partial charge in [0.25, 0.3) is 0 Å². The quantitative estimate of drug-likeness (QED) is 0.626. The Labute approximate surface area is 143 Å². The van der Waals surface area contributed by atoms with Gasteiger partial charge in [-0.05, 0) is 46.2 Å². The van der Waals surface area contributed by atoms with Gasteiger partial charge in [-0.1, -0.05) is 72.8 Å². The zero-order valence-corrected chi connectivity index (χ0v) is 14.0. The maximum Gasteiger partial charge on any atom is 0.0502 e. The molecule has 1 aliphatic carbocycles. The number of rotatable bonds is 5. The van der Waals surface area contributed by atoms with Crippen molar-refractivity contribution in [1.82, 2.24) is 0 Å². The van der Waals surface area contributed by atoms with Crippen LogP contribution in [0.15, 0.2) is 72.8 Å². The molecule has 1 heteroatoms. The van der Waals surface area contributed by atoms with E-state index in [1.165, 1.54) is 33.4 Å². The first kappa shape index (κ1) is 15.2. The van der Waals surface area contributed by atoms with Crippen molar-refractivity contribution in [2.24, 2.45) is 0 Å². The van der Waals surface area contributed by atoms with Crippen LogP contribution in [0.25, 0.3) is 11.1 Å². The van der Waals surface area contributed by atoms with Crippen molar-refractivity contribution < 1.29 is 4.74 Å². The Hall–Kier alpha value is -2.38. The maximum atomic E-state index is 5.16. The highest BCUT2D eigenvalue weighted by molar-refractivity contribution is 5.78. The van der Waals surface area contributed by atoms with E-state index in [0.29, 0.717) is 5.92 Å². The van der Waals surface area contributed by atoms with Crippen molar-refractivity contribution in [2.45, 2.75) is 18.8 Å². The van der Waals surface area contributed by atoms with Crippen molar-refractivity contribution in [2.75, 3.05) is 13.7 Å². The summed E-state index contributed by atoms with van der Waals surface area (Å²) in [5.41, 5.74) is 8.45. The van der Waals surface area contributed by atoms with Crippen molar-refractivity contribution in [3.8, 4) is 11.1 Å². The van der Waals surface area contributed by atoms with Crippen LogP contribution in [0.1, 0.15) is 28.2 Å². The van der Waals surface area contributed by atoms with Gasteiger partial charge in [-0.2, -0.15) is 0 Å². The van der Waals surface area contributed by atoms with E-state index in [9.17, 15) is 0 Å². The van der Waals surface area contributed by atoms with E-state index in [4.69, 9.17) is 4.74 Å². The lowest BCUT2D eigenvalue weighted by molar-refractivity contribution is 0.202. The molecule has 120 valence electrons. The zero-order chi connectivity index (χ0) is 16.4. The molecule has 0 atom stereocenters. The molecule has 0 radical (unpaired) electrons. The summed E-state index contributed by atoms with van der Waals surface area (Å²) in [7, 11) is 1.75. The molecular formula is C23H22O. The first-order valence-electron chi connectivity index (χ1n) is 8.62. The van der Waals surface area contributed by atoms with E-state index in [1.54, 1.807) is 7.11 Å². The molecule has 0 amide bonds. The second-order valence-corrected chi connectivity index (χ2v) is 6.49. The fraction of sp³-hybridized carbons (Fsp3) is 0.217. The number of fused-ring (bicyclic) bond motifs is 3. The van der Waals surface area contributed by atoms with Gasteiger partial charge in [0.15, 0.2) is 0 Å². The molecule has 1 nitrogen and oxygen atoms in total. The Morgan fingerprint density at radius 2 is 1.25 bits per heavy atom. The van der Waals surface area contributed by atoms with Crippen LogP contribution in [-0.2, 0) is 17.6 Å². The maximum absolute atomic E-state index is 5.16. The van der Waals surface area contributed by atoms with Gasteiger partial charge in [0, 0.05) is 13.0 Å². The summed E-state index contributed by atoms with van der Waals surface area (Å²) >= 11 is 0. The average molecular weight is 314 g/mol. The minimum absolute atomic E-state index is 0.460. The standard InChI is InChI=1S/C23H22O/c1-24-15-14-17-10-12-18(13-11-17)16-23-21-8-4-2-6-19(21)20-7-3-5-9-22(20)23/h2-13,23H,14-16H2,1H3. The molecule has 0 unspecified atom stereocenters. The van der Waals surface area contributed by atoms with Gasteiger partial charge < -0.3 is 4.74 Å². The Morgan fingerprint density at radius 3 is 1.83 bits per heavy atom. The Balaban J connectivity index is 1.62. The molecule has 0 saturated heterocycles. The van der Waals surface area contributed by atoms with Crippen LogP contribution in [0.4, 0.5) is 0 Å². The van der Waals surface area contributed by atoms with Crippen LogP contribution in [0.5, 0.6) is 0 Å². The van der Waals surface area contributed by atoms with E-state index in [-0.39, 0.29) is 0 Å². The van der Waals surface area contributed by atoms with Gasteiger partial charge in [0.1, 0.15) is 0 Å². The van der Waals surface area contributed by atoms with Gasteiger partial charge in [-0.25, -0.2) is 0 Å². The predicted molar refractivity (Wildman–Crippen MR) is 99.4 cm³/mol. The number of hydrogen-bond acceptors (Lipinski definition) is 1. The second-order valence-electron chi connectivity index (χ2n) is 6.49. The Bertz CT molecular complexity index is 787. The lowest BCUT2D eigenvalue weighted by Gasteiger charge is -2.14. The van der Waals surface area contributed by atoms with Gasteiger partial charge in [0.05, 0.1) is 6.61 Å². The summed E-state index contributed by atoms with van der Waals surface area (Å²) in [4.78, 5) is 0. The highest BCUT2D eigenvalue weighted by Gasteiger charge is 2.27. The van der Waals surface area contributed by atoms with E-state index in [2.05, 4.69) is 72.8 Å². The normalized spacial score (nSPS) is 12.9. The van der Waals surface area contributed by atoms with Crippen LogP contribution in [0.2, 0.25) is 0 Å². The first-order valence-corrected chi connectivity index (χ1v) is 8.62. The van der Waals surface area contributed by atoms with Crippen molar-refractivity contribution >= 4 is 0 Å². The highest BCUT2D eigenvalue weighted by atomic mass is 16.5. The average Bonchev–Trinajstić information content (AvgIpc) is 2.96. The minimum atomic E-state index is 0.460. The molecular weight excluding hydrogens is 292 g/mol. The molecule has 0 fully saturated rings. The van der Waals surface area contributed by atoms with E-state index < -0.39 is 0 Å².